The number of carbonyl (C=O) groups excluding carboxylic acids is 1. The highest BCUT2D eigenvalue weighted by Crippen LogP contribution is 2.15. The van der Waals surface area contributed by atoms with Crippen LogP contribution in [0.4, 0.5) is 0 Å². The molecule has 6 heteroatoms. The fraction of sp³-hybridized carbons (Fsp3) is 0.444. The highest BCUT2D eigenvalue weighted by Gasteiger charge is 2.23. The molecule has 1 aliphatic heterocycles. The van der Waals surface area contributed by atoms with Gasteiger partial charge in [0, 0.05) is 38.8 Å². The van der Waals surface area contributed by atoms with Gasteiger partial charge >= 0.3 is 0 Å². The Morgan fingerprint density at radius 3 is 2.67 bits per heavy atom. The molecular formula is C18H23N3O3. The van der Waals surface area contributed by atoms with E-state index in [0.29, 0.717) is 12.3 Å². The molecule has 1 fully saturated rings. The molecule has 0 atom stereocenters. The van der Waals surface area contributed by atoms with Crippen molar-refractivity contribution in [2.45, 2.75) is 19.9 Å². The van der Waals surface area contributed by atoms with E-state index in [1.54, 1.807) is 13.2 Å². The van der Waals surface area contributed by atoms with Crippen molar-refractivity contribution >= 4 is 5.91 Å². The molecule has 1 aromatic carbocycles. The number of rotatable bonds is 4. The molecule has 2 heterocycles. The summed E-state index contributed by atoms with van der Waals surface area (Å²) in [6, 6.07) is 9.83. The summed E-state index contributed by atoms with van der Waals surface area (Å²) in [5, 5.41) is 3.80. The lowest BCUT2D eigenvalue weighted by atomic mass is 10.2. The van der Waals surface area contributed by atoms with Crippen molar-refractivity contribution in [3.05, 3.63) is 47.3 Å². The van der Waals surface area contributed by atoms with E-state index in [2.05, 4.69) is 22.2 Å². The zero-order chi connectivity index (χ0) is 16.9. The molecule has 1 aromatic heterocycles. The van der Waals surface area contributed by atoms with Gasteiger partial charge in [-0.15, -0.1) is 0 Å². The third-order valence-corrected chi connectivity index (χ3v) is 4.28. The predicted molar refractivity (Wildman–Crippen MR) is 90.0 cm³/mol. The Morgan fingerprint density at radius 1 is 1.21 bits per heavy atom. The maximum Gasteiger partial charge on any atom is 0.292 e. The van der Waals surface area contributed by atoms with E-state index in [9.17, 15) is 4.79 Å². The molecular weight excluding hydrogens is 306 g/mol. The molecule has 0 radical (unpaired) electrons. The fourth-order valence-electron chi connectivity index (χ4n) is 2.94. The van der Waals surface area contributed by atoms with Gasteiger partial charge in [0.1, 0.15) is 5.75 Å². The SMILES string of the molecule is COc1ccc(CN2CCCN(C(=O)c3cc(C)no3)CC2)cc1. The van der Waals surface area contributed by atoms with E-state index in [0.717, 1.165) is 44.0 Å². The van der Waals surface area contributed by atoms with Crippen molar-refractivity contribution in [1.82, 2.24) is 15.0 Å². The van der Waals surface area contributed by atoms with E-state index in [1.807, 2.05) is 24.0 Å². The van der Waals surface area contributed by atoms with Crippen LogP contribution < -0.4 is 4.74 Å². The zero-order valence-corrected chi connectivity index (χ0v) is 14.2. The molecule has 24 heavy (non-hydrogen) atoms. The molecule has 6 nitrogen and oxygen atoms in total. The van der Waals surface area contributed by atoms with Gasteiger partial charge in [0.15, 0.2) is 0 Å². The van der Waals surface area contributed by atoms with Crippen LogP contribution in [0.15, 0.2) is 34.9 Å². The number of aryl methyl sites for hydroxylation is 1. The number of hydrogen-bond donors (Lipinski definition) is 0. The summed E-state index contributed by atoms with van der Waals surface area (Å²) in [6.07, 6.45) is 0.953. The lowest BCUT2D eigenvalue weighted by Crippen LogP contribution is -2.34. The Morgan fingerprint density at radius 2 is 2.00 bits per heavy atom. The maximum absolute atomic E-state index is 12.5. The second kappa shape index (κ2) is 7.49. The van der Waals surface area contributed by atoms with Gasteiger partial charge in [-0.3, -0.25) is 9.69 Å². The third-order valence-electron chi connectivity index (χ3n) is 4.28. The third kappa shape index (κ3) is 3.94. The van der Waals surface area contributed by atoms with Crippen LogP contribution >= 0.6 is 0 Å². The molecule has 0 spiro atoms. The van der Waals surface area contributed by atoms with Gasteiger partial charge in [0.25, 0.3) is 5.91 Å². The van der Waals surface area contributed by atoms with Crippen molar-refractivity contribution in [3.8, 4) is 5.75 Å². The van der Waals surface area contributed by atoms with Crippen LogP contribution in [0.1, 0.15) is 28.2 Å². The van der Waals surface area contributed by atoms with E-state index in [1.165, 1.54) is 5.56 Å². The Balaban J connectivity index is 1.57. The van der Waals surface area contributed by atoms with Crippen LogP contribution in [0.5, 0.6) is 5.75 Å². The van der Waals surface area contributed by atoms with Crippen LogP contribution in [0.2, 0.25) is 0 Å². The van der Waals surface area contributed by atoms with Crippen LogP contribution in [0.3, 0.4) is 0 Å². The molecule has 0 bridgehead atoms. The highest BCUT2D eigenvalue weighted by atomic mass is 16.5. The van der Waals surface area contributed by atoms with Crippen molar-refractivity contribution in [2.24, 2.45) is 0 Å². The smallest absolute Gasteiger partial charge is 0.292 e. The van der Waals surface area contributed by atoms with Gasteiger partial charge < -0.3 is 14.2 Å². The Hall–Kier alpha value is -2.34. The van der Waals surface area contributed by atoms with Crippen molar-refractivity contribution in [2.75, 3.05) is 33.3 Å². The number of nitrogens with zero attached hydrogens (tertiary/aromatic N) is 3. The highest BCUT2D eigenvalue weighted by molar-refractivity contribution is 5.91. The summed E-state index contributed by atoms with van der Waals surface area (Å²) in [7, 11) is 1.67. The van der Waals surface area contributed by atoms with E-state index >= 15 is 0 Å². The first-order valence-corrected chi connectivity index (χ1v) is 8.23. The van der Waals surface area contributed by atoms with Crippen molar-refractivity contribution < 1.29 is 14.1 Å². The van der Waals surface area contributed by atoms with E-state index in [4.69, 9.17) is 9.26 Å². The maximum atomic E-state index is 12.5. The fourth-order valence-corrected chi connectivity index (χ4v) is 2.94. The topological polar surface area (TPSA) is 58.8 Å². The number of amides is 1. The Kier molecular flexibility index (Phi) is 5.15. The minimum absolute atomic E-state index is 0.0677. The molecule has 2 aromatic rings. The normalized spacial score (nSPS) is 16.0. The average molecular weight is 329 g/mol. The summed E-state index contributed by atoms with van der Waals surface area (Å²) in [6.45, 7) is 5.98. The molecule has 1 amide bonds. The monoisotopic (exact) mass is 329 g/mol. The average Bonchev–Trinajstić information content (AvgIpc) is 2.90. The Labute approximate surface area is 142 Å². The van der Waals surface area contributed by atoms with Crippen LogP contribution in [-0.2, 0) is 6.54 Å². The van der Waals surface area contributed by atoms with E-state index in [-0.39, 0.29) is 5.91 Å². The number of ether oxygens (including phenoxy) is 1. The quantitative estimate of drug-likeness (QED) is 0.862. The number of aromatic nitrogens is 1. The molecule has 1 aliphatic rings. The second-order valence-corrected chi connectivity index (χ2v) is 6.10. The van der Waals surface area contributed by atoms with Crippen molar-refractivity contribution in [3.63, 3.8) is 0 Å². The van der Waals surface area contributed by atoms with E-state index < -0.39 is 0 Å². The predicted octanol–water partition coefficient (Wildman–Crippen LogP) is 2.34. The van der Waals surface area contributed by atoms with Crippen molar-refractivity contribution in [1.29, 1.82) is 0 Å². The molecule has 1 saturated heterocycles. The summed E-state index contributed by atoms with van der Waals surface area (Å²) in [5.41, 5.74) is 1.98. The first-order valence-electron chi connectivity index (χ1n) is 8.23. The Bertz CT molecular complexity index is 681. The summed E-state index contributed by atoms with van der Waals surface area (Å²) < 4.78 is 10.3. The van der Waals surface area contributed by atoms with Crippen LogP contribution in [-0.4, -0.2) is 54.2 Å². The van der Waals surface area contributed by atoms with Gasteiger partial charge in [0.2, 0.25) is 5.76 Å². The standard InChI is InChI=1S/C18H23N3O3/c1-14-12-17(24-19-14)18(22)21-9-3-8-20(10-11-21)13-15-4-6-16(23-2)7-5-15/h4-7,12H,3,8-11,13H2,1-2H3. The largest absolute Gasteiger partial charge is 0.497 e. The molecule has 0 unspecified atom stereocenters. The molecule has 3 rings (SSSR count). The van der Waals surface area contributed by atoms with Crippen LogP contribution in [0, 0.1) is 6.92 Å². The van der Waals surface area contributed by atoms with Gasteiger partial charge in [0.05, 0.1) is 12.8 Å². The zero-order valence-electron chi connectivity index (χ0n) is 14.2. The van der Waals surface area contributed by atoms with Gasteiger partial charge in [-0.2, -0.15) is 0 Å². The van der Waals surface area contributed by atoms with Gasteiger partial charge in [-0.05, 0) is 31.0 Å². The number of carbonyl (C=O) groups is 1. The second-order valence-electron chi connectivity index (χ2n) is 6.10. The molecule has 0 saturated carbocycles. The minimum Gasteiger partial charge on any atom is -0.497 e. The number of hydrogen-bond acceptors (Lipinski definition) is 5. The molecule has 0 aliphatic carbocycles. The minimum atomic E-state index is -0.0677. The lowest BCUT2D eigenvalue weighted by molar-refractivity contribution is 0.0719. The molecule has 0 N–H and O–H groups in total. The van der Waals surface area contributed by atoms with Crippen LogP contribution in [0.25, 0.3) is 0 Å². The van der Waals surface area contributed by atoms with Gasteiger partial charge in [-0.25, -0.2) is 0 Å². The summed E-state index contributed by atoms with van der Waals surface area (Å²) >= 11 is 0. The summed E-state index contributed by atoms with van der Waals surface area (Å²) in [4.78, 5) is 16.7. The van der Waals surface area contributed by atoms with Gasteiger partial charge in [-0.1, -0.05) is 17.3 Å². The number of benzene rings is 1. The molecule has 128 valence electrons. The first kappa shape index (κ1) is 16.5. The number of methoxy groups -OCH3 is 1. The summed E-state index contributed by atoms with van der Waals surface area (Å²) in [5.74, 6) is 1.13. The first-order chi connectivity index (χ1) is 11.7. The lowest BCUT2D eigenvalue weighted by Gasteiger charge is -2.21.